The Hall–Kier alpha value is -1.89. The molecule has 0 aromatic heterocycles. The van der Waals surface area contributed by atoms with Crippen LogP contribution in [0.1, 0.15) is 27.2 Å². The van der Waals surface area contributed by atoms with Crippen LogP contribution >= 0.6 is 0 Å². The van der Waals surface area contributed by atoms with E-state index in [1.807, 2.05) is 6.92 Å². The van der Waals surface area contributed by atoms with E-state index in [2.05, 4.69) is 6.07 Å². The third kappa shape index (κ3) is 2.67. The van der Waals surface area contributed by atoms with Crippen LogP contribution in [0.2, 0.25) is 0 Å². The van der Waals surface area contributed by atoms with E-state index in [0.717, 1.165) is 0 Å². The summed E-state index contributed by atoms with van der Waals surface area (Å²) in [5, 5.41) is 9.13. The third-order valence-electron chi connectivity index (χ3n) is 3.13. The predicted octanol–water partition coefficient (Wildman–Crippen LogP) is 3.12. The van der Waals surface area contributed by atoms with Crippen LogP contribution in [0.3, 0.4) is 0 Å². The fraction of sp³-hybridized carbons (Fsp3) is 0.429. The molecule has 1 aromatic carbocycles. The molecular formula is C14H17FN2O. The Balaban J connectivity index is 3.08. The molecule has 4 heteroatoms. The summed E-state index contributed by atoms with van der Waals surface area (Å²) in [4.78, 5) is 13.9. The van der Waals surface area contributed by atoms with Gasteiger partial charge in [-0.2, -0.15) is 5.26 Å². The van der Waals surface area contributed by atoms with Gasteiger partial charge in [-0.15, -0.1) is 0 Å². The van der Waals surface area contributed by atoms with Gasteiger partial charge in [0.25, 0.3) is 0 Å². The maximum Gasteiger partial charge on any atom is 0.247 e. The molecule has 1 aromatic rings. The Labute approximate surface area is 107 Å². The fourth-order valence-corrected chi connectivity index (χ4v) is 1.64. The van der Waals surface area contributed by atoms with Crippen molar-refractivity contribution in [3.63, 3.8) is 0 Å². The Morgan fingerprint density at radius 1 is 1.39 bits per heavy atom. The second-order valence-electron chi connectivity index (χ2n) is 4.32. The first-order valence-corrected chi connectivity index (χ1v) is 5.97. The van der Waals surface area contributed by atoms with Gasteiger partial charge in [-0.1, -0.05) is 6.92 Å². The summed E-state index contributed by atoms with van der Waals surface area (Å²) in [5.41, 5.74) is -0.427. The lowest BCUT2D eigenvalue weighted by Crippen LogP contribution is -2.41. The molecule has 0 radical (unpaired) electrons. The van der Waals surface area contributed by atoms with Crippen molar-refractivity contribution in [1.29, 1.82) is 5.26 Å². The zero-order valence-corrected chi connectivity index (χ0v) is 10.9. The highest BCUT2D eigenvalue weighted by molar-refractivity contribution is 5.99. The molecule has 0 aliphatic carbocycles. The highest BCUT2D eigenvalue weighted by Crippen LogP contribution is 2.26. The van der Waals surface area contributed by atoms with Crippen molar-refractivity contribution in [2.45, 2.75) is 27.2 Å². The van der Waals surface area contributed by atoms with E-state index >= 15 is 0 Å². The zero-order chi connectivity index (χ0) is 13.8. The van der Waals surface area contributed by atoms with Crippen LogP contribution in [-0.4, -0.2) is 12.5 Å². The second-order valence-corrected chi connectivity index (χ2v) is 4.32. The molecule has 1 amide bonds. The molecule has 0 fully saturated rings. The van der Waals surface area contributed by atoms with Crippen molar-refractivity contribution >= 4 is 11.6 Å². The number of nitrogens with zero attached hydrogens (tertiary/aromatic N) is 2. The van der Waals surface area contributed by atoms with Gasteiger partial charge in [0.1, 0.15) is 11.2 Å². The molecule has 0 N–H and O–H groups in total. The smallest absolute Gasteiger partial charge is 0.247 e. The number of nitriles is 1. The molecule has 0 saturated heterocycles. The van der Waals surface area contributed by atoms with E-state index in [0.29, 0.717) is 18.7 Å². The lowest BCUT2D eigenvalue weighted by molar-refractivity contribution is -0.124. The Morgan fingerprint density at radius 2 is 1.94 bits per heavy atom. The largest absolute Gasteiger partial charge is 0.311 e. The predicted molar refractivity (Wildman–Crippen MR) is 68.4 cm³/mol. The molecule has 0 bridgehead atoms. The van der Waals surface area contributed by atoms with Crippen LogP contribution in [-0.2, 0) is 4.79 Å². The lowest BCUT2D eigenvalue weighted by atomic mass is 9.87. The standard InChI is InChI=1S/C14H17FN2O/c1-4-14(3,10-16)13(18)17(5-2)12-8-6-11(15)7-9-12/h6-9H,4-5H2,1-3H3. The molecule has 1 atom stereocenters. The van der Waals surface area contributed by atoms with Crippen LogP contribution in [0.5, 0.6) is 0 Å². The van der Waals surface area contributed by atoms with E-state index in [1.54, 1.807) is 26.0 Å². The first-order valence-electron chi connectivity index (χ1n) is 5.97. The number of rotatable bonds is 4. The number of amides is 1. The van der Waals surface area contributed by atoms with Gasteiger partial charge in [-0.3, -0.25) is 4.79 Å². The third-order valence-corrected chi connectivity index (χ3v) is 3.13. The SMILES string of the molecule is CCN(C(=O)C(C)(C#N)CC)c1ccc(F)cc1. The maximum atomic E-state index is 12.9. The van der Waals surface area contributed by atoms with Gasteiger partial charge >= 0.3 is 0 Å². The van der Waals surface area contributed by atoms with Crippen molar-refractivity contribution in [2.24, 2.45) is 5.41 Å². The molecule has 0 aliphatic heterocycles. The molecule has 0 saturated carbocycles. The van der Waals surface area contributed by atoms with Gasteiger partial charge in [-0.05, 0) is 44.5 Å². The number of benzene rings is 1. The summed E-state index contributed by atoms with van der Waals surface area (Å²) in [6, 6.07) is 7.76. The van der Waals surface area contributed by atoms with E-state index in [9.17, 15) is 9.18 Å². The normalized spacial score (nSPS) is 13.5. The minimum atomic E-state index is -1.04. The van der Waals surface area contributed by atoms with Crippen molar-refractivity contribution < 1.29 is 9.18 Å². The number of hydrogen-bond acceptors (Lipinski definition) is 2. The van der Waals surface area contributed by atoms with Gasteiger partial charge in [0.05, 0.1) is 6.07 Å². The topological polar surface area (TPSA) is 44.1 Å². The van der Waals surface area contributed by atoms with E-state index in [4.69, 9.17) is 5.26 Å². The van der Waals surface area contributed by atoms with Gasteiger partial charge in [0, 0.05) is 12.2 Å². The molecule has 18 heavy (non-hydrogen) atoms. The Kier molecular flexibility index (Phi) is 4.43. The lowest BCUT2D eigenvalue weighted by Gasteiger charge is -2.28. The summed E-state index contributed by atoms with van der Waals surface area (Å²) < 4.78 is 12.9. The summed E-state index contributed by atoms with van der Waals surface area (Å²) in [6.45, 7) is 5.71. The highest BCUT2D eigenvalue weighted by Gasteiger charge is 2.35. The molecule has 0 aliphatic rings. The maximum absolute atomic E-state index is 12.9. The van der Waals surface area contributed by atoms with Crippen LogP contribution in [0, 0.1) is 22.6 Å². The summed E-state index contributed by atoms with van der Waals surface area (Å²) in [5.74, 6) is -0.595. The van der Waals surface area contributed by atoms with Gasteiger partial charge in [-0.25, -0.2) is 4.39 Å². The van der Waals surface area contributed by atoms with Crippen LogP contribution in [0.25, 0.3) is 0 Å². The quantitative estimate of drug-likeness (QED) is 0.821. The highest BCUT2D eigenvalue weighted by atomic mass is 19.1. The molecule has 0 spiro atoms. The number of anilines is 1. The Morgan fingerprint density at radius 3 is 2.33 bits per heavy atom. The van der Waals surface area contributed by atoms with Gasteiger partial charge in [0.15, 0.2) is 0 Å². The zero-order valence-electron chi connectivity index (χ0n) is 10.9. The van der Waals surface area contributed by atoms with Gasteiger partial charge in [0.2, 0.25) is 5.91 Å². The molecule has 1 unspecified atom stereocenters. The molecular weight excluding hydrogens is 231 g/mol. The number of carbonyl (C=O) groups is 1. The minimum absolute atomic E-state index is 0.249. The van der Waals surface area contributed by atoms with Crippen molar-refractivity contribution in [3.05, 3.63) is 30.1 Å². The minimum Gasteiger partial charge on any atom is -0.311 e. The summed E-state index contributed by atoms with van der Waals surface area (Å²) in [6.07, 6.45) is 0.444. The molecule has 0 heterocycles. The van der Waals surface area contributed by atoms with Crippen molar-refractivity contribution in [3.8, 4) is 6.07 Å². The van der Waals surface area contributed by atoms with Crippen LogP contribution in [0.4, 0.5) is 10.1 Å². The summed E-state index contributed by atoms with van der Waals surface area (Å²) >= 11 is 0. The van der Waals surface area contributed by atoms with Gasteiger partial charge < -0.3 is 4.90 Å². The number of hydrogen-bond donors (Lipinski definition) is 0. The molecule has 3 nitrogen and oxygen atoms in total. The molecule has 1 rings (SSSR count). The average Bonchev–Trinajstić information content (AvgIpc) is 2.40. The first kappa shape index (κ1) is 14.2. The second kappa shape index (κ2) is 5.63. The van der Waals surface area contributed by atoms with Crippen molar-refractivity contribution in [2.75, 3.05) is 11.4 Å². The number of carbonyl (C=O) groups excluding carboxylic acids is 1. The van der Waals surface area contributed by atoms with Crippen LogP contribution < -0.4 is 4.90 Å². The molecule has 96 valence electrons. The number of halogens is 1. The summed E-state index contributed by atoms with van der Waals surface area (Å²) in [7, 11) is 0. The Bertz CT molecular complexity index is 464. The van der Waals surface area contributed by atoms with E-state index < -0.39 is 5.41 Å². The van der Waals surface area contributed by atoms with E-state index in [1.165, 1.54) is 17.0 Å². The van der Waals surface area contributed by atoms with Crippen molar-refractivity contribution in [1.82, 2.24) is 0 Å². The monoisotopic (exact) mass is 248 g/mol. The fourth-order valence-electron chi connectivity index (χ4n) is 1.64. The van der Waals surface area contributed by atoms with Crippen LogP contribution in [0.15, 0.2) is 24.3 Å². The first-order chi connectivity index (χ1) is 8.48. The van der Waals surface area contributed by atoms with E-state index in [-0.39, 0.29) is 11.7 Å². The average molecular weight is 248 g/mol.